The van der Waals surface area contributed by atoms with Crippen molar-refractivity contribution in [1.82, 2.24) is 5.32 Å². The minimum Gasteiger partial charge on any atom is -0.392 e. The maximum Gasteiger partial charge on any atom is 0.0685 e. The van der Waals surface area contributed by atoms with E-state index >= 15 is 0 Å². The summed E-state index contributed by atoms with van der Waals surface area (Å²) in [6.45, 7) is 7.54. The first kappa shape index (κ1) is 12.2. The Kier molecular flexibility index (Phi) is 4.79. The SMILES string of the molecule is CC(C)C(C)NCc1ccccc1CO. The van der Waals surface area contributed by atoms with E-state index in [0.29, 0.717) is 12.0 Å². The summed E-state index contributed by atoms with van der Waals surface area (Å²) in [5.74, 6) is 0.631. The van der Waals surface area contributed by atoms with Gasteiger partial charge in [-0.1, -0.05) is 38.1 Å². The molecule has 2 heteroatoms. The molecule has 1 aromatic carbocycles. The molecule has 0 aromatic heterocycles. The molecule has 0 aliphatic heterocycles. The van der Waals surface area contributed by atoms with Crippen LogP contribution >= 0.6 is 0 Å². The van der Waals surface area contributed by atoms with Crippen molar-refractivity contribution < 1.29 is 5.11 Å². The van der Waals surface area contributed by atoms with Crippen LogP contribution in [0.25, 0.3) is 0 Å². The number of benzene rings is 1. The molecule has 0 saturated heterocycles. The van der Waals surface area contributed by atoms with Crippen molar-refractivity contribution in [2.45, 2.75) is 40.0 Å². The van der Waals surface area contributed by atoms with Crippen molar-refractivity contribution in [1.29, 1.82) is 0 Å². The van der Waals surface area contributed by atoms with Gasteiger partial charge in [0.1, 0.15) is 0 Å². The molecule has 0 spiro atoms. The first-order valence-electron chi connectivity index (χ1n) is 5.56. The molecular weight excluding hydrogens is 186 g/mol. The van der Waals surface area contributed by atoms with Gasteiger partial charge in [-0.15, -0.1) is 0 Å². The molecule has 1 unspecified atom stereocenters. The largest absolute Gasteiger partial charge is 0.392 e. The number of rotatable bonds is 5. The van der Waals surface area contributed by atoms with Gasteiger partial charge < -0.3 is 10.4 Å². The summed E-state index contributed by atoms with van der Waals surface area (Å²) >= 11 is 0. The summed E-state index contributed by atoms with van der Waals surface area (Å²) in [6, 6.07) is 8.50. The normalized spacial score (nSPS) is 13.1. The Morgan fingerprint density at radius 2 is 1.73 bits per heavy atom. The fourth-order valence-electron chi connectivity index (χ4n) is 1.39. The van der Waals surface area contributed by atoms with Gasteiger partial charge in [-0.25, -0.2) is 0 Å². The third-order valence-corrected chi connectivity index (χ3v) is 2.90. The van der Waals surface area contributed by atoms with Gasteiger partial charge >= 0.3 is 0 Å². The van der Waals surface area contributed by atoms with Crippen molar-refractivity contribution in [2.24, 2.45) is 5.92 Å². The number of aliphatic hydroxyl groups is 1. The lowest BCUT2D eigenvalue weighted by atomic mass is 10.0. The Balaban J connectivity index is 2.57. The zero-order valence-electron chi connectivity index (χ0n) is 9.83. The van der Waals surface area contributed by atoms with E-state index in [-0.39, 0.29) is 6.61 Å². The predicted molar refractivity (Wildman–Crippen MR) is 63.5 cm³/mol. The van der Waals surface area contributed by atoms with Crippen LogP contribution in [0.2, 0.25) is 0 Å². The fourth-order valence-corrected chi connectivity index (χ4v) is 1.39. The zero-order chi connectivity index (χ0) is 11.3. The van der Waals surface area contributed by atoms with Gasteiger partial charge in [0, 0.05) is 12.6 Å². The fraction of sp³-hybridized carbons (Fsp3) is 0.538. The van der Waals surface area contributed by atoms with E-state index in [4.69, 9.17) is 5.11 Å². The van der Waals surface area contributed by atoms with E-state index in [2.05, 4.69) is 32.2 Å². The van der Waals surface area contributed by atoms with E-state index in [1.54, 1.807) is 0 Å². The second-order valence-electron chi connectivity index (χ2n) is 4.34. The quantitative estimate of drug-likeness (QED) is 0.776. The van der Waals surface area contributed by atoms with Gasteiger partial charge in [0.2, 0.25) is 0 Å². The Morgan fingerprint density at radius 3 is 2.27 bits per heavy atom. The van der Waals surface area contributed by atoms with Crippen LogP contribution in [0, 0.1) is 5.92 Å². The smallest absolute Gasteiger partial charge is 0.0685 e. The molecule has 1 rings (SSSR count). The summed E-state index contributed by atoms with van der Waals surface area (Å²) in [5, 5.41) is 12.6. The van der Waals surface area contributed by atoms with Crippen molar-refractivity contribution in [3.63, 3.8) is 0 Å². The number of aliphatic hydroxyl groups excluding tert-OH is 1. The second kappa shape index (κ2) is 5.89. The Hall–Kier alpha value is -0.860. The molecular formula is C13H21NO. The van der Waals surface area contributed by atoms with Crippen molar-refractivity contribution in [2.75, 3.05) is 0 Å². The third kappa shape index (κ3) is 3.65. The van der Waals surface area contributed by atoms with Gasteiger partial charge in [0.05, 0.1) is 6.61 Å². The molecule has 0 heterocycles. The van der Waals surface area contributed by atoms with Crippen LogP contribution in [0.5, 0.6) is 0 Å². The van der Waals surface area contributed by atoms with E-state index in [0.717, 1.165) is 12.1 Å². The second-order valence-corrected chi connectivity index (χ2v) is 4.34. The average molecular weight is 207 g/mol. The van der Waals surface area contributed by atoms with Gasteiger partial charge in [-0.2, -0.15) is 0 Å². The molecule has 0 aliphatic carbocycles. The molecule has 0 saturated carbocycles. The maximum absolute atomic E-state index is 9.17. The van der Waals surface area contributed by atoms with Crippen LogP contribution in [0.1, 0.15) is 31.9 Å². The average Bonchev–Trinajstić information content (AvgIpc) is 2.26. The molecule has 2 N–H and O–H groups in total. The van der Waals surface area contributed by atoms with Crippen molar-refractivity contribution in [3.05, 3.63) is 35.4 Å². The molecule has 0 radical (unpaired) electrons. The molecule has 0 amide bonds. The minimum atomic E-state index is 0.119. The third-order valence-electron chi connectivity index (χ3n) is 2.90. The summed E-state index contributed by atoms with van der Waals surface area (Å²) in [6.07, 6.45) is 0. The minimum absolute atomic E-state index is 0.119. The molecule has 2 nitrogen and oxygen atoms in total. The lowest BCUT2D eigenvalue weighted by Gasteiger charge is -2.18. The van der Waals surface area contributed by atoms with Crippen LogP contribution in [-0.4, -0.2) is 11.1 Å². The highest BCUT2D eigenvalue weighted by Crippen LogP contribution is 2.09. The van der Waals surface area contributed by atoms with Crippen molar-refractivity contribution in [3.8, 4) is 0 Å². The number of hydrogen-bond donors (Lipinski definition) is 2. The molecule has 1 atom stereocenters. The highest BCUT2D eigenvalue weighted by molar-refractivity contribution is 5.26. The van der Waals surface area contributed by atoms with E-state index in [1.807, 2.05) is 18.2 Å². The topological polar surface area (TPSA) is 32.3 Å². The van der Waals surface area contributed by atoms with Crippen LogP contribution in [0.15, 0.2) is 24.3 Å². The molecule has 1 aromatic rings. The predicted octanol–water partition coefficient (Wildman–Crippen LogP) is 2.31. The molecule has 0 fully saturated rings. The van der Waals surface area contributed by atoms with Crippen molar-refractivity contribution >= 4 is 0 Å². The Morgan fingerprint density at radius 1 is 1.13 bits per heavy atom. The Bertz CT molecular complexity index is 296. The maximum atomic E-state index is 9.17. The Labute approximate surface area is 92.3 Å². The molecule has 0 aliphatic rings. The molecule has 0 bridgehead atoms. The summed E-state index contributed by atoms with van der Waals surface area (Å²) in [7, 11) is 0. The first-order valence-corrected chi connectivity index (χ1v) is 5.56. The highest BCUT2D eigenvalue weighted by atomic mass is 16.3. The highest BCUT2D eigenvalue weighted by Gasteiger charge is 2.07. The van der Waals surface area contributed by atoms with Gasteiger partial charge in [0.15, 0.2) is 0 Å². The van der Waals surface area contributed by atoms with Crippen LogP contribution < -0.4 is 5.32 Å². The monoisotopic (exact) mass is 207 g/mol. The van der Waals surface area contributed by atoms with E-state index in [1.165, 1.54) is 5.56 Å². The van der Waals surface area contributed by atoms with Gasteiger partial charge in [-0.05, 0) is 24.0 Å². The van der Waals surface area contributed by atoms with Gasteiger partial charge in [-0.3, -0.25) is 0 Å². The zero-order valence-corrected chi connectivity index (χ0v) is 9.83. The van der Waals surface area contributed by atoms with E-state index < -0.39 is 0 Å². The number of hydrogen-bond acceptors (Lipinski definition) is 2. The molecule has 15 heavy (non-hydrogen) atoms. The van der Waals surface area contributed by atoms with E-state index in [9.17, 15) is 0 Å². The van der Waals surface area contributed by atoms with Crippen LogP contribution in [0.3, 0.4) is 0 Å². The lowest BCUT2D eigenvalue weighted by molar-refractivity contribution is 0.280. The number of nitrogens with one attached hydrogen (secondary N) is 1. The van der Waals surface area contributed by atoms with Crippen LogP contribution in [0.4, 0.5) is 0 Å². The van der Waals surface area contributed by atoms with Gasteiger partial charge in [0.25, 0.3) is 0 Å². The standard InChI is InChI=1S/C13H21NO/c1-10(2)11(3)14-8-12-6-4-5-7-13(12)9-15/h4-7,10-11,14-15H,8-9H2,1-3H3. The summed E-state index contributed by atoms with van der Waals surface area (Å²) < 4.78 is 0. The van der Waals surface area contributed by atoms with Crippen LogP contribution in [-0.2, 0) is 13.2 Å². The summed E-state index contributed by atoms with van der Waals surface area (Å²) in [5.41, 5.74) is 2.20. The summed E-state index contributed by atoms with van der Waals surface area (Å²) in [4.78, 5) is 0. The molecule has 84 valence electrons. The first-order chi connectivity index (χ1) is 7.15. The lowest BCUT2D eigenvalue weighted by Crippen LogP contribution is -2.30.